The van der Waals surface area contributed by atoms with Gasteiger partial charge in [-0.3, -0.25) is 4.79 Å². The number of hydrogen-bond acceptors (Lipinski definition) is 6. The van der Waals surface area contributed by atoms with Crippen LogP contribution in [0.5, 0.6) is 11.5 Å². The SMILES string of the molecule is CCCOc1ccc(-c2cc(C(C)C)ccc2C)c(CN(Cc2cc(C)cc(C(F)(F)F)c2)c2ncc(OCCCC(=O)O)cn2)c1. The zero-order valence-corrected chi connectivity index (χ0v) is 27.5. The minimum absolute atomic E-state index is 0.0218. The van der Waals surface area contributed by atoms with Crippen LogP contribution >= 0.6 is 0 Å². The Balaban J connectivity index is 1.77. The summed E-state index contributed by atoms with van der Waals surface area (Å²) in [6.07, 6.45) is -0.358. The summed E-state index contributed by atoms with van der Waals surface area (Å²) in [4.78, 5) is 21.7. The van der Waals surface area contributed by atoms with Crippen molar-refractivity contribution in [1.82, 2.24) is 9.97 Å². The van der Waals surface area contributed by atoms with Crippen molar-refractivity contribution in [2.75, 3.05) is 18.1 Å². The fourth-order valence-electron chi connectivity index (χ4n) is 5.26. The largest absolute Gasteiger partial charge is 0.494 e. The molecule has 0 atom stereocenters. The van der Waals surface area contributed by atoms with Crippen molar-refractivity contribution in [2.45, 2.75) is 79.1 Å². The van der Waals surface area contributed by atoms with Crippen molar-refractivity contribution in [2.24, 2.45) is 0 Å². The van der Waals surface area contributed by atoms with Crippen LogP contribution < -0.4 is 14.4 Å². The number of carboxylic acids is 1. The van der Waals surface area contributed by atoms with Crippen molar-refractivity contribution < 1.29 is 32.5 Å². The van der Waals surface area contributed by atoms with Gasteiger partial charge in [-0.1, -0.05) is 56.7 Å². The standard InChI is InChI=1S/C37H42F3N3O4/c1-6-13-46-31-11-12-33(34-19-28(24(2)3)10-9-26(34)5)29(18-31)23-43(22-27-15-25(4)16-30(17-27)37(38,39)40)36-41-20-32(21-42-36)47-14-7-8-35(44)45/h9-12,15-21,24H,6-8,13-14,22-23H2,1-5H3,(H,44,45). The number of anilines is 1. The molecule has 1 aromatic heterocycles. The van der Waals surface area contributed by atoms with Crippen molar-refractivity contribution in [1.29, 1.82) is 0 Å². The first-order valence-electron chi connectivity index (χ1n) is 15.8. The smallest absolute Gasteiger partial charge is 0.416 e. The number of aryl methyl sites for hydroxylation is 2. The van der Waals surface area contributed by atoms with Gasteiger partial charge >= 0.3 is 12.1 Å². The van der Waals surface area contributed by atoms with Crippen LogP contribution in [0.15, 0.2) is 67.0 Å². The summed E-state index contributed by atoms with van der Waals surface area (Å²) in [7, 11) is 0. The maximum Gasteiger partial charge on any atom is 0.416 e. The molecule has 0 bridgehead atoms. The normalized spacial score (nSPS) is 11.5. The van der Waals surface area contributed by atoms with Gasteiger partial charge in [-0.25, -0.2) is 9.97 Å². The maximum atomic E-state index is 13.8. The van der Waals surface area contributed by atoms with Gasteiger partial charge in [0.05, 0.1) is 31.2 Å². The molecule has 0 fully saturated rings. The Labute approximate surface area is 274 Å². The molecular formula is C37H42F3N3O4. The lowest BCUT2D eigenvalue weighted by molar-refractivity contribution is -0.138. The van der Waals surface area contributed by atoms with Crippen LogP contribution in [0.3, 0.4) is 0 Å². The molecule has 4 aromatic rings. The second-order valence-electron chi connectivity index (χ2n) is 12.0. The second-order valence-corrected chi connectivity index (χ2v) is 12.0. The molecule has 3 aromatic carbocycles. The Morgan fingerprint density at radius 1 is 0.894 bits per heavy atom. The molecule has 250 valence electrons. The van der Waals surface area contributed by atoms with E-state index >= 15 is 0 Å². The molecular weight excluding hydrogens is 607 g/mol. The average molecular weight is 650 g/mol. The quantitative estimate of drug-likeness (QED) is 0.129. The number of aliphatic carboxylic acids is 1. The molecule has 0 unspecified atom stereocenters. The summed E-state index contributed by atoms with van der Waals surface area (Å²) in [5.41, 5.74) is 5.50. The van der Waals surface area contributed by atoms with Gasteiger partial charge in [0.25, 0.3) is 0 Å². The van der Waals surface area contributed by atoms with E-state index in [9.17, 15) is 18.0 Å². The number of nitrogens with zero attached hydrogens (tertiary/aromatic N) is 3. The Bertz CT molecular complexity index is 1660. The van der Waals surface area contributed by atoms with Crippen LogP contribution in [0.1, 0.15) is 79.3 Å². The minimum Gasteiger partial charge on any atom is -0.494 e. The number of carboxylic acid groups (broad SMARTS) is 1. The molecule has 47 heavy (non-hydrogen) atoms. The third-order valence-corrected chi connectivity index (χ3v) is 7.67. The van der Waals surface area contributed by atoms with E-state index in [1.165, 1.54) is 18.0 Å². The molecule has 1 heterocycles. The first-order chi connectivity index (χ1) is 22.3. The van der Waals surface area contributed by atoms with Gasteiger partial charge in [0.1, 0.15) is 5.75 Å². The van der Waals surface area contributed by atoms with Gasteiger partial charge in [0.15, 0.2) is 5.75 Å². The van der Waals surface area contributed by atoms with Crippen LogP contribution in [0.25, 0.3) is 11.1 Å². The first-order valence-corrected chi connectivity index (χ1v) is 15.8. The number of hydrogen-bond donors (Lipinski definition) is 1. The van der Waals surface area contributed by atoms with E-state index < -0.39 is 17.7 Å². The second kappa shape index (κ2) is 15.8. The van der Waals surface area contributed by atoms with Gasteiger partial charge in [-0.15, -0.1) is 0 Å². The van der Waals surface area contributed by atoms with Gasteiger partial charge in [-0.05, 0) is 90.3 Å². The zero-order valence-electron chi connectivity index (χ0n) is 27.5. The van der Waals surface area contributed by atoms with Crippen molar-refractivity contribution in [3.8, 4) is 22.6 Å². The number of ether oxygens (including phenoxy) is 2. The maximum absolute atomic E-state index is 13.8. The fraction of sp³-hybridized carbons (Fsp3) is 0.378. The minimum atomic E-state index is -4.49. The van der Waals surface area contributed by atoms with Crippen LogP contribution in [-0.4, -0.2) is 34.3 Å². The summed E-state index contributed by atoms with van der Waals surface area (Å²) >= 11 is 0. The molecule has 4 rings (SSSR count). The van der Waals surface area contributed by atoms with Crippen molar-refractivity contribution in [3.63, 3.8) is 0 Å². The van der Waals surface area contributed by atoms with Crippen LogP contribution in [-0.2, 0) is 24.1 Å². The third-order valence-electron chi connectivity index (χ3n) is 7.67. The van der Waals surface area contributed by atoms with Gasteiger partial charge in [-0.2, -0.15) is 13.2 Å². The highest BCUT2D eigenvalue weighted by molar-refractivity contribution is 5.73. The van der Waals surface area contributed by atoms with Crippen molar-refractivity contribution in [3.05, 3.63) is 100 Å². The lowest BCUT2D eigenvalue weighted by atomic mass is 9.91. The van der Waals surface area contributed by atoms with Crippen molar-refractivity contribution >= 4 is 11.9 Å². The molecule has 1 N–H and O–H groups in total. The van der Waals surface area contributed by atoms with Gasteiger partial charge < -0.3 is 19.5 Å². The highest BCUT2D eigenvalue weighted by Gasteiger charge is 2.31. The molecule has 0 radical (unpaired) electrons. The molecule has 0 amide bonds. The number of halogens is 3. The Morgan fingerprint density at radius 3 is 2.28 bits per heavy atom. The van der Waals surface area contributed by atoms with Crippen LogP contribution in [0, 0.1) is 13.8 Å². The number of aromatic nitrogens is 2. The van der Waals surface area contributed by atoms with Gasteiger partial charge in [0, 0.05) is 19.5 Å². The Kier molecular flexibility index (Phi) is 11.9. The molecule has 0 aliphatic rings. The average Bonchev–Trinajstić information content (AvgIpc) is 3.02. The van der Waals surface area contributed by atoms with Gasteiger partial charge in [0.2, 0.25) is 5.95 Å². The molecule has 0 aliphatic heterocycles. The molecule has 0 spiro atoms. The van der Waals surface area contributed by atoms with Crippen LogP contribution in [0.2, 0.25) is 0 Å². The van der Waals surface area contributed by atoms with E-state index in [1.807, 2.05) is 30.0 Å². The molecule has 0 aliphatic carbocycles. The number of benzene rings is 3. The van der Waals surface area contributed by atoms with E-state index in [2.05, 4.69) is 48.9 Å². The fourth-order valence-corrected chi connectivity index (χ4v) is 5.26. The lowest BCUT2D eigenvalue weighted by Crippen LogP contribution is -2.25. The topological polar surface area (TPSA) is 84.8 Å². The molecule has 0 saturated heterocycles. The van der Waals surface area contributed by atoms with Crippen LogP contribution in [0.4, 0.5) is 19.1 Å². The van der Waals surface area contributed by atoms with E-state index in [0.29, 0.717) is 47.5 Å². The van der Waals surface area contributed by atoms with E-state index in [4.69, 9.17) is 14.6 Å². The number of rotatable bonds is 15. The predicted octanol–water partition coefficient (Wildman–Crippen LogP) is 9.14. The Morgan fingerprint density at radius 2 is 1.62 bits per heavy atom. The van der Waals surface area contributed by atoms with E-state index in [0.717, 1.165) is 40.8 Å². The highest BCUT2D eigenvalue weighted by Crippen LogP contribution is 2.35. The third kappa shape index (κ3) is 9.94. The zero-order chi connectivity index (χ0) is 34.1. The summed E-state index contributed by atoms with van der Waals surface area (Å²) in [5, 5.41) is 8.88. The monoisotopic (exact) mass is 649 g/mol. The molecule has 7 nitrogen and oxygen atoms in total. The number of carbonyl (C=O) groups is 1. The number of alkyl halides is 3. The summed E-state index contributed by atoms with van der Waals surface area (Å²) < 4.78 is 53.0. The summed E-state index contributed by atoms with van der Waals surface area (Å²) in [6, 6.07) is 16.4. The highest BCUT2D eigenvalue weighted by atomic mass is 19.4. The lowest BCUT2D eigenvalue weighted by Gasteiger charge is -2.26. The summed E-state index contributed by atoms with van der Waals surface area (Å²) in [6.45, 7) is 11.1. The summed E-state index contributed by atoms with van der Waals surface area (Å²) in [5.74, 6) is 0.783. The Hall–Kier alpha value is -4.60. The van der Waals surface area contributed by atoms with E-state index in [1.54, 1.807) is 13.0 Å². The molecule has 10 heteroatoms. The first kappa shape index (κ1) is 35.3. The molecule has 0 saturated carbocycles. The predicted molar refractivity (Wildman–Crippen MR) is 177 cm³/mol. The van der Waals surface area contributed by atoms with E-state index in [-0.39, 0.29) is 26.1 Å².